The van der Waals surface area contributed by atoms with Crippen molar-refractivity contribution in [3.05, 3.63) is 58.1 Å². The van der Waals surface area contributed by atoms with Crippen LogP contribution in [0.1, 0.15) is 18.7 Å². The molecule has 13 heteroatoms. The zero-order valence-electron chi connectivity index (χ0n) is 18.1. The minimum Gasteiger partial charge on any atom is -0.495 e. The molecule has 178 valence electrons. The number of benzene rings is 1. The van der Waals surface area contributed by atoms with E-state index >= 15 is 0 Å². The number of esters is 1. The number of para-hydroxylation sites is 2. The third-order valence-electron chi connectivity index (χ3n) is 4.62. The molecule has 0 saturated heterocycles. The third-order valence-corrected chi connectivity index (χ3v) is 7.05. The van der Waals surface area contributed by atoms with Crippen molar-refractivity contribution in [2.75, 3.05) is 24.8 Å². The molecule has 1 aliphatic heterocycles. The summed E-state index contributed by atoms with van der Waals surface area (Å²) in [4.78, 5) is 25.2. The number of amides is 2. The second kappa shape index (κ2) is 10.9. The Morgan fingerprint density at radius 3 is 2.85 bits per heavy atom. The zero-order chi connectivity index (χ0) is 24.1. The van der Waals surface area contributed by atoms with Crippen LogP contribution in [0, 0.1) is 0 Å². The largest absolute Gasteiger partial charge is 0.495 e. The van der Waals surface area contributed by atoms with Crippen LogP contribution in [0.5, 0.6) is 5.75 Å². The Hall–Kier alpha value is -3.03. The van der Waals surface area contributed by atoms with Crippen LogP contribution < -0.4 is 20.7 Å². The van der Waals surface area contributed by atoms with Crippen molar-refractivity contribution in [1.82, 2.24) is 20.8 Å². The minimum atomic E-state index is -0.785. The van der Waals surface area contributed by atoms with Gasteiger partial charge in [-0.1, -0.05) is 35.2 Å². The smallest absolute Gasteiger partial charge is 0.338 e. The first kappa shape index (κ1) is 24.1. The molecule has 2 amide bonds. The Morgan fingerprint density at radius 2 is 2.12 bits per heavy atom. The number of rotatable bonds is 9. The van der Waals surface area contributed by atoms with Gasteiger partial charge in [0.1, 0.15) is 17.6 Å². The third kappa shape index (κ3) is 5.54. The standard InChI is InChI=1S/C21H20BrN5O5S2/c1-3-31-18(28)16-12(23-19(29)25-17(16)14-8-9-15(22)32-14)10-33-21-27-26-20(34-21)24-11-6-4-5-7-13(11)30-2/h4-9,17H,3,10H2,1-2H3,(H,24,26)(H2,23,25,29)/t17-/m0/s1. The maximum Gasteiger partial charge on any atom is 0.338 e. The maximum atomic E-state index is 12.8. The molecular weight excluding hydrogens is 546 g/mol. The number of nitrogens with zero attached hydrogens (tertiary/aromatic N) is 2. The summed E-state index contributed by atoms with van der Waals surface area (Å²) < 4.78 is 17.3. The highest BCUT2D eigenvalue weighted by Gasteiger charge is 2.35. The van der Waals surface area contributed by atoms with Gasteiger partial charge in [0.15, 0.2) is 9.01 Å². The van der Waals surface area contributed by atoms with E-state index in [-0.39, 0.29) is 17.9 Å². The number of urea groups is 1. The van der Waals surface area contributed by atoms with Crippen LogP contribution in [0.3, 0.4) is 0 Å². The van der Waals surface area contributed by atoms with Gasteiger partial charge < -0.3 is 29.8 Å². The van der Waals surface area contributed by atoms with Crippen LogP contribution in [-0.2, 0) is 9.53 Å². The van der Waals surface area contributed by atoms with E-state index < -0.39 is 18.0 Å². The summed E-state index contributed by atoms with van der Waals surface area (Å²) in [5.41, 5.74) is 1.45. The highest BCUT2D eigenvalue weighted by atomic mass is 79.9. The number of methoxy groups -OCH3 is 1. The van der Waals surface area contributed by atoms with Crippen molar-refractivity contribution in [2.45, 2.75) is 17.3 Å². The Balaban J connectivity index is 1.54. The Kier molecular flexibility index (Phi) is 7.75. The lowest BCUT2D eigenvalue weighted by Crippen LogP contribution is -2.46. The summed E-state index contributed by atoms with van der Waals surface area (Å²) in [7, 11) is 1.60. The number of anilines is 2. The topological polar surface area (TPSA) is 128 Å². The number of carbonyl (C=O) groups is 2. The molecule has 0 radical (unpaired) electrons. The van der Waals surface area contributed by atoms with Gasteiger partial charge in [-0.2, -0.15) is 0 Å². The van der Waals surface area contributed by atoms with E-state index in [4.69, 9.17) is 13.9 Å². The Labute approximate surface area is 211 Å². The van der Waals surface area contributed by atoms with Crippen molar-refractivity contribution in [1.29, 1.82) is 0 Å². The lowest BCUT2D eigenvalue weighted by Gasteiger charge is -2.27. The fourth-order valence-corrected chi connectivity index (χ4v) is 5.25. The maximum absolute atomic E-state index is 12.8. The van der Waals surface area contributed by atoms with Gasteiger partial charge in [-0.05, 0) is 47.1 Å². The van der Waals surface area contributed by atoms with E-state index in [1.807, 2.05) is 24.3 Å². The first-order valence-corrected chi connectivity index (χ1v) is 12.7. The zero-order valence-corrected chi connectivity index (χ0v) is 21.3. The molecule has 0 aliphatic carbocycles. The van der Waals surface area contributed by atoms with Gasteiger partial charge in [-0.15, -0.1) is 10.2 Å². The number of hydrogen-bond donors (Lipinski definition) is 3. The first-order chi connectivity index (χ1) is 16.5. The molecule has 0 fully saturated rings. The highest BCUT2D eigenvalue weighted by Crippen LogP contribution is 2.35. The van der Waals surface area contributed by atoms with Crippen LogP contribution >= 0.6 is 39.0 Å². The molecule has 0 spiro atoms. The number of hydrogen-bond acceptors (Lipinski definition) is 10. The molecule has 3 aromatic rings. The van der Waals surface area contributed by atoms with E-state index in [0.29, 0.717) is 31.3 Å². The Bertz CT molecular complexity index is 1230. The molecule has 2 aromatic heterocycles. The van der Waals surface area contributed by atoms with E-state index in [1.165, 1.54) is 23.1 Å². The molecule has 34 heavy (non-hydrogen) atoms. The number of ether oxygens (including phenoxy) is 2. The van der Waals surface area contributed by atoms with E-state index in [0.717, 1.165) is 5.69 Å². The Morgan fingerprint density at radius 1 is 1.29 bits per heavy atom. The predicted octanol–water partition coefficient (Wildman–Crippen LogP) is 4.61. The predicted molar refractivity (Wildman–Crippen MR) is 131 cm³/mol. The molecule has 3 N–H and O–H groups in total. The average molecular weight is 566 g/mol. The number of furan rings is 1. The second-order valence-corrected chi connectivity index (χ2v) is 9.75. The number of thioether (sulfide) groups is 1. The number of nitrogens with one attached hydrogen (secondary N) is 3. The van der Waals surface area contributed by atoms with Gasteiger partial charge in [0.2, 0.25) is 5.13 Å². The molecule has 0 bridgehead atoms. The monoisotopic (exact) mass is 565 g/mol. The van der Waals surface area contributed by atoms with Gasteiger partial charge in [-0.25, -0.2) is 9.59 Å². The summed E-state index contributed by atoms with van der Waals surface area (Å²) in [5, 5.41) is 17.6. The van der Waals surface area contributed by atoms with Crippen molar-refractivity contribution >= 4 is 61.8 Å². The molecule has 1 aromatic carbocycles. The van der Waals surface area contributed by atoms with Gasteiger partial charge >= 0.3 is 12.0 Å². The molecule has 1 atom stereocenters. The van der Waals surface area contributed by atoms with Crippen LogP contribution in [0.15, 0.2) is 61.1 Å². The summed E-state index contributed by atoms with van der Waals surface area (Å²) >= 11 is 5.93. The molecule has 0 saturated carbocycles. The molecule has 1 aliphatic rings. The van der Waals surface area contributed by atoms with Crippen molar-refractivity contribution < 1.29 is 23.5 Å². The summed E-state index contributed by atoms with van der Waals surface area (Å²) in [6.07, 6.45) is 0. The molecule has 4 rings (SSSR count). The van der Waals surface area contributed by atoms with Crippen LogP contribution in [0.25, 0.3) is 0 Å². The number of halogens is 1. The van der Waals surface area contributed by atoms with E-state index in [9.17, 15) is 9.59 Å². The molecular formula is C21H20BrN5O5S2. The molecule has 10 nitrogen and oxygen atoms in total. The summed E-state index contributed by atoms with van der Waals surface area (Å²) in [6, 6.07) is 9.63. The van der Waals surface area contributed by atoms with Gasteiger partial charge in [0.25, 0.3) is 0 Å². The second-order valence-electron chi connectivity index (χ2n) is 6.77. The number of aromatic nitrogens is 2. The quantitative estimate of drug-likeness (QED) is 0.251. The van der Waals surface area contributed by atoms with Crippen molar-refractivity contribution in [3.8, 4) is 5.75 Å². The van der Waals surface area contributed by atoms with Crippen LogP contribution in [0.2, 0.25) is 0 Å². The SMILES string of the molecule is CCOC(=O)C1=C(CSc2nnc(Nc3ccccc3OC)s2)NC(=O)N[C@H]1c1ccc(Br)o1. The van der Waals surface area contributed by atoms with Crippen molar-refractivity contribution in [2.24, 2.45) is 0 Å². The molecule has 0 unspecified atom stereocenters. The molecule has 3 heterocycles. The highest BCUT2D eigenvalue weighted by molar-refractivity contribution is 9.10. The van der Waals surface area contributed by atoms with E-state index in [2.05, 4.69) is 42.1 Å². The summed E-state index contributed by atoms with van der Waals surface area (Å²) in [6.45, 7) is 1.91. The fourth-order valence-electron chi connectivity index (χ4n) is 3.19. The minimum absolute atomic E-state index is 0.194. The van der Waals surface area contributed by atoms with Crippen LogP contribution in [-0.4, -0.2) is 41.7 Å². The van der Waals surface area contributed by atoms with Gasteiger partial charge in [-0.3, -0.25) is 0 Å². The average Bonchev–Trinajstić information content (AvgIpc) is 3.46. The van der Waals surface area contributed by atoms with E-state index in [1.54, 1.807) is 26.2 Å². The van der Waals surface area contributed by atoms with Crippen LogP contribution in [0.4, 0.5) is 15.6 Å². The lowest BCUT2D eigenvalue weighted by atomic mass is 10.0. The first-order valence-electron chi connectivity index (χ1n) is 10.1. The van der Waals surface area contributed by atoms with Gasteiger partial charge in [0, 0.05) is 11.4 Å². The summed E-state index contributed by atoms with van der Waals surface area (Å²) in [5.74, 6) is 0.818. The van der Waals surface area contributed by atoms with Gasteiger partial charge in [0.05, 0.1) is 25.0 Å². The fraction of sp³-hybridized carbons (Fsp3) is 0.238. The lowest BCUT2D eigenvalue weighted by molar-refractivity contribution is -0.139. The van der Waals surface area contributed by atoms with Crippen molar-refractivity contribution in [3.63, 3.8) is 0 Å². The normalized spacial score (nSPS) is 15.5. The number of carbonyl (C=O) groups excluding carboxylic acids is 2.